The average Bonchev–Trinajstić information content (AvgIpc) is 2.36. The van der Waals surface area contributed by atoms with E-state index in [1.165, 1.54) is 0 Å². The molecule has 0 saturated heterocycles. The molecule has 3 aromatic rings. The lowest BCUT2D eigenvalue weighted by Gasteiger charge is -1.97. The predicted molar refractivity (Wildman–Crippen MR) is 66.1 cm³/mol. The highest BCUT2D eigenvalue weighted by atomic mass is 32.1. The molecule has 3 rings (SSSR count). The fourth-order valence-corrected chi connectivity index (χ4v) is 2.95. The van der Waals surface area contributed by atoms with Crippen LogP contribution in [0, 0.1) is 0 Å². The largest absolute Gasteiger partial charge is 0.361 e. The Morgan fingerprint density at radius 1 is 0.812 bits per heavy atom. The first kappa shape index (κ1) is 9.28. The van der Waals surface area contributed by atoms with Gasteiger partial charge in [-0.2, -0.15) is 4.79 Å². The lowest BCUT2D eigenvalue weighted by molar-refractivity contribution is -0.0602. The molecule has 16 heavy (non-hydrogen) atoms. The molecule has 0 aliphatic carbocycles. The minimum Gasteiger partial charge on any atom is -0.361 e. The van der Waals surface area contributed by atoms with Gasteiger partial charge in [-0.15, -0.1) is 11.3 Å². The first-order chi connectivity index (χ1) is 7.90. The highest BCUT2D eigenvalue weighted by Crippen LogP contribution is 2.23. The summed E-state index contributed by atoms with van der Waals surface area (Å²) in [5.74, 6) is 0. The number of rotatable bonds is 0. The Bertz CT molecular complexity index is 710. The number of hydrogen-bond acceptors (Lipinski definition) is 1. The lowest BCUT2D eigenvalue weighted by atomic mass is 10.2. The van der Waals surface area contributed by atoms with Gasteiger partial charge in [0.05, 0.1) is 10.8 Å². The van der Waals surface area contributed by atoms with Gasteiger partial charge in [0.1, 0.15) is 0 Å². The van der Waals surface area contributed by atoms with Crippen molar-refractivity contribution in [3.05, 3.63) is 59.4 Å². The molecule has 1 heterocycles. The molecule has 0 radical (unpaired) electrons. The Labute approximate surface area is 96.0 Å². The van der Waals surface area contributed by atoms with Gasteiger partial charge in [-0.3, -0.25) is 0 Å². The molecular weight excluding hydrogens is 216 g/mol. The lowest BCUT2D eigenvalue weighted by Crippen LogP contribution is -2.04. The van der Waals surface area contributed by atoms with E-state index in [0.717, 1.165) is 20.2 Å². The summed E-state index contributed by atoms with van der Waals surface area (Å²) >= 11 is 1.71. The van der Waals surface area contributed by atoms with Gasteiger partial charge in [0.15, 0.2) is 0 Å². The van der Waals surface area contributed by atoms with Crippen molar-refractivity contribution in [1.82, 2.24) is 0 Å². The molecule has 0 aliphatic heterocycles. The maximum absolute atomic E-state index is 9.16. The van der Waals surface area contributed by atoms with Gasteiger partial charge in [0, 0.05) is 9.40 Å². The van der Waals surface area contributed by atoms with Crippen LogP contribution in [0.15, 0.2) is 48.5 Å². The van der Waals surface area contributed by atoms with Crippen molar-refractivity contribution in [3.63, 3.8) is 0 Å². The van der Waals surface area contributed by atoms with Gasteiger partial charge in [-0.05, 0) is 24.3 Å². The molecule has 2 aromatic carbocycles. The molecule has 0 spiro atoms. The topological polar surface area (TPSA) is 36.4 Å². The number of benzene rings is 2. The smallest absolute Gasteiger partial charge is 0.332 e. The van der Waals surface area contributed by atoms with Gasteiger partial charge >= 0.3 is 5.36 Å². The summed E-state index contributed by atoms with van der Waals surface area (Å²) in [6, 6.07) is 15.9. The molecule has 0 bridgehead atoms. The standard InChI is InChI=1S/C13H8N2S/c14-15-13-9-5-1-3-7-11(9)16-12-8-4-2-6-10(12)13/h1-8H. The van der Waals surface area contributed by atoms with E-state index in [2.05, 4.69) is 4.79 Å². The van der Waals surface area contributed by atoms with Crippen LogP contribution in [0.5, 0.6) is 0 Å². The second kappa shape index (κ2) is 3.56. The van der Waals surface area contributed by atoms with Crippen LogP contribution in [0.4, 0.5) is 0 Å². The molecule has 0 saturated carbocycles. The van der Waals surface area contributed by atoms with Crippen molar-refractivity contribution in [3.8, 4) is 0 Å². The number of nitrogens with zero attached hydrogens (tertiary/aromatic N) is 2. The molecular formula is C13H8N2S. The SMILES string of the molecule is [N-]=[N+]=c1c2ccccc2sc2ccccc12. The predicted octanol–water partition coefficient (Wildman–Crippen LogP) is 3.19. The Kier molecular flexibility index (Phi) is 2.07. The minimum absolute atomic E-state index is 0.657. The van der Waals surface area contributed by atoms with Crippen molar-refractivity contribution in [2.45, 2.75) is 0 Å². The second-order valence-electron chi connectivity index (χ2n) is 3.54. The van der Waals surface area contributed by atoms with E-state index in [9.17, 15) is 0 Å². The number of hydrogen-bond donors (Lipinski definition) is 0. The van der Waals surface area contributed by atoms with Crippen molar-refractivity contribution in [2.75, 3.05) is 0 Å². The number of fused-ring (bicyclic) bond motifs is 2. The monoisotopic (exact) mass is 224 g/mol. The zero-order valence-electron chi connectivity index (χ0n) is 8.42. The summed E-state index contributed by atoms with van der Waals surface area (Å²) in [6.45, 7) is 0. The first-order valence-corrected chi connectivity index (χ1v) is 5.80. The molecule has 0 atom stereocenters. The maximum Gasteiger partial charge on any atom is 0.332 e. The molecule has 0 fully saturated rings. The maximum atomic E-state index is 9.16. The summed E-state index contributed by atoms with van der Waals surface area (Å²) in [5.41, 5.74) is 9.16. The van der Waals surface area contributed by atoms with Crippen LogP contribution in [0.1, 0.15) is 0 Å². The van der Waals surface area contributed by atoms with Gasteiger partial charge in [0.25, 0.3) is 0 Å². The molecule has 0 aliphatic rings. The van der Waals surface area contributed by atoms with Crippen LogP contribution in [0.2, 0.25) is 0 Å². The van der Waals surface area contributed by atoms with Gasteiger partial charge < -0.3 is 5.53 Å². The van der Waals surface area contributed by atoms with Crippen molar-refractivity contribution in [1.29, 1.82) is 0 Å². The molecule has 1 aromatic heterocycles. The Balaban J connectivity index is 2.74. The van der Waals surface area contributed by atoms with Gasteiger partial charge in [-0.1, -0.05) is 24.3 Å². The molecule has 0 amide bonds. The normalized spacial score (nSPS) is 10.5. The summed E-state index contributed by atoms with van der Waals surface area (Å²) in [4.78, 5) is 3.43. The zero-order valence-corrected chi connectivity index (χ0v) is 9.24. The molecule has 0 unspecified atom stereocenters. The van der Waals surface area contributed by atoms with E-state index in [0.29, 0.717) is 5.36 Å². The first-order valence-electron chi connectivity index (χ1n) is 4.99. The third kappa shape index (κ3) is 1.27. The van der Waals surface area contributed by atoms with Gasteiger partial charge in [0.2, 0.25) is 0 Å². The van der Waals surface area contributed by atoms with E-state index < -0.39 is 0 Å². The summed E-state index contributed by atoms with van der Waals surface area (Å²) in [6.07, 6.45) is 0. The van der Waals surface area contributed by atoms with E-state index >= 15 is 0 Å². The fourth-order valence-electron chi connectivity index (χ4n) is 1.87. The highest BCUT2D eigenvalue weighted by Gasteiger charge is 2.07. The second-order valence-corrected chi connectivity index (χ2v) is 4.63. The van der Waals surface area contributed by atoms with E-state index in [4.69, 9.17) is 5.53 Å². The van der Waals surface area contributed by atoms with E-state index in [-0.39, 0.29) is 0 Å². The van der Waals surface area contributed by atoms with Crippen LogP contribution >= 0.6 is 11.3 Å². The van der Waals surface area contributed by atoms with Crippen LogP contribution < -0.4 is 5.36 Å². The Hall–Kier alpha value is -1.96. The fraction of sp³-hybridized carbons (Fsp3) is 0. The van der Waals surface area contributed by atoms with E-state index in [1.807, 2.05) is 48.5 Å². The van der Waals surface area contributed by atoms with Crippen LogP contribution in [0.3, 0.4) is 0 Å². The molecule has 0 N–H and O–H groups in total. The molecule has 3 heteroatoms. The summed E-state index contributed by atoms with van der Waals surface area (Å²) in [7, 11) is 0. The van der Waals surface area contributed by atoms with Crippen molar-refractivity contribution < 1.29 is 4.79 Å². The Morgan fingerprint density at radius 2 is 1.31 bits per heavy atom. The van der Waals surface area contributed by atoms with Gasteiger partial charge in [-0.25, -0.2) is 0 Å². The highest BCUT2D eigenvalue weighted by molar-refractivity contribution is 7.24. The van der Waals surface area contributed by atoms with Crippen LogP contribution in [-0.4, -0.2) is 4.79 Å². The average molecular weight is 224 g/mol. The zero-order chi connectivity index (χ0) is 11.0. The summed E-state index contributed by atoms with van der Waals surface area (Å²) in [5, 5.41) is 2.65. The molecule has 76 valence electrons. The Morgan fingerprint density at radius 3 is 1.81 bits per heavy atom. The van der Waals surface area contributed by atoms with E-state index in [1.54, 1.807) is 11.3 Å². The third-order valence-electron chi connectivity index (χ3n) is 2.60. The quantitative estimate of drug-likeness (QED) is 0.319. The van der Waals surface area contributed by atoms with Crippen molar-refractivity contribution in [2.24, 2.45) is 0 Å². The summed E-state index contributed by atoms with van der Waals surface area (Å²) < 4.78 is 2.27. The van der Waals surface area contributed by atoms with Crippen LogP contribution in [-0.2, 0) is 0 Å². The van der Waals surface area contributed by atoms with Crippen LogP contribution in [0.25, 0.3) is 25.7 Å². The third-order valence-corrected chi connectivity index (χ3v) is 3.76. The minimum atomic E-state index is 0.657. The molecule has 2 nitrogen and oxygen atoms in total. The van der Waals surface area contributed by atoms with Crippen molar-refractivity contribution >= 4 is 31.5 Å².